The zero-order chi connectivity index (χ0) is 27.9. The standard InChI is InChI=1S/C30H38N8O2/c31-17-20-6-8-21(9-7-20)30(40)36-24(12-13-27(39)33-15-14-19-4-2-1-3-5-19)29-34-18-26(35-29)22-10-11-23-25(16-22)37-38-28(23)32/h1-5,10-11,16,18,20-21,24H,6-9,12-15,17,31H2,(H,33,39)(H,34,35)(H,36,40)(H3,32,37,38). The second-order valence-corrected chi connectivity index (χ2v) is 10.7. The molecule has 1 saturated carbocycles. The van der Waals surface area contributed by atoms with Gasteiger partial charge >= 0.3 is 0 Å². The van der Waals surface area contributed by atoms with Gasteiger partial charge in [0.15, 0.2) is 5.82 Å². The molecule has 210 valence electrons. The van der Waals surface area contributed by atoms with Crippen LogP contribution in [0.4, 0.5) is 5.82 Å². The highest BCUT2D eigenvalue weighted by molar-refractivity contribution is 5.91. The van der Waals surface area contributed by atoms with Crippen LogP contribution < -0.4 is 22.1 Å². The van der Waals surface area contributed by atoms with Crippen molar-refractivity contribution >= 4 is 28.5 Å². The number of hydrogen-bond acceptors (Lipinski definition) is 6. The van der Waals surface area contributed by atoms with Gasteiger partial charge in [0.2, 0.25) is 11.8 Å². The minimum Gasteiger partial charge on any atom is -0.382 e. The summed E-state index contributed by atoms with van der Waals surface area (Å²) in [5.41, 5.74) is 15.5. The lowest BCUT2D eigenvalue weighted by atomic mass is 9.81. The number of benzene rings is 2. The van der Waals surface area contributed by atoms with Crippen LogP contribution >= 0.6 is 0 Å². The molecule has 0 bridgehead atoms. The number of hydrogen-bond donors (Lipinski definition) is 6. The third-order valence-corrected chi connectivity index (χ3v) is 7.93. The van der Waals surface area contributed by atoms with Crippen molar-refractivity contribution in [3.05, 3.63) is 66.1 Å². The molecule has 1 atom stereocenters. The Morgan fingerprint density at radius 3 is 2.65 bits per heavy atom. The summed E-state index contributed by atoms with van der Waals surface area (Å²) in [4.78, 5) is 33.9. The fourth-order valence-corrected chi connectivity index (χ4v) is 5.45. The van der Waals surface area contributed by atoms with Crippen LogP contribution in [0.15, 0.2) is 54.7 Å². The van der Waals surface area contributed by atoms with Gasteiger partial charge in [-0.15, -0.1) is 0 Å². The monoisotopic (exact) mass is 542 g/mol. The molecule has 0 saturated heterocycles. The molecule has 10 heteroatoms. The van der Waals surface area contributed by atoms with Gasteiger partial charge in [-0.3, -0.25) is 14.7 Å². The molecule has 1 aliphatic carbocycles. The summed E-state index contributed by atoms with van der Waals surface area (Å²) >= 11 is 0. The first-order valence-electron chi connectivity index (χ1n) is 14.1. The molecule has 2 amide bonds. The predicted molar refractivity (Wildman–Crippen MR) is 156 cm³/mol. The molecule has 8 N–H and O–H groups in total. The van der Waals surface area contributed by atoms with Crippen molar-refractivity contribution in [1.29, 1.82) is 0 Å². The largest absolute Gasteiger partial charge is 0.382 e. The van der Waals surface area contributed by atoms with Gasteiger partial charge < -0.3 is 27.1 Å². The van der Waals surface area contributed by atoms with Crippen molar-refractivity contribution in [1.82, 2.24) is 30.8 Å². The molecular formula is C30H38N8O2. The van der Waals surface area contributed by atoms with E-state index in [9.17, 15) is 9.59 Å². The van der Waals surface area contributed by atoms with Crippen LogP contribution in [0.3, 0.4) is 0 Å². The predicted octanol–water partition coefficient (Wildman–Crippen LogP) is 3.60. The van der Waals surface area contributed by atoms with Crippen molar-refractivity contribution in [3.63, 3.8) is 0 Å². The van der Waals surface area contributed by atoms with Crippen LogP contribution in [0.2, 0.25) is 0 Å². The van der Waals surface area contributed by atoms with E-state index in [0.29, 0.717) is 37.1 Å². The number of carbonyl (C=O) groups is 2. The van der Waals surface area contributed by atoms with Crippen LogP contribution in [-0.2, 0) is 16.0 Å². The van der Waals surface area contributed by atoms with E-state index in [-0.39, 0.29) is 24.2 Å². The molecule has 0 radical (unpaired) electrons. The maximum Gasteiger partial charge on any atom is 0.223 e. The highest BCUT2D eigenvalue weighted by Gasteiger charge is 2.28. The summed E-state index contributed by atoms with van der Waals surface area (Å²) in [6.07, 6.45) is 6.82. The van der Waals surface area contributed by atoms with Crippen LogP contribution in [-0.4, -0.2) is 45.1 Å². The molecule has 1 fully saturated rings. The molecule has 0 spiro atoms. The van der Waals surface area contributed by atoms with E-state index in [1.165, 1.54) is 5.56 Å². The van der Waals surface area contributed by atoms with Gasteiger partial charge in [0.1, 0.15) is 5.82 Å². The van der Waals surface area contributed by atoms with Gasteiger partial charge in [0.25, 0.3) is 0 Å². The average molecular weight is 543 g/mol. The molecule has 2 aromatic heterocycles. The molecule has 0 aliphatic heterocycles. The number of carbonyl (C=O) groups excluding carboxylic acids is 2. The van der Waals surface area contributed by atoms with Crippen LogP contribution in [0.1, 0.15) is 56.0 Å². The summed E-state index contributed by atoms with van der Waals surface area (Å²) in [5.74, 6) is 1.49. The Balaban J connectivity index is 1.25. The average Bonchev–Trinajstić information content (AvgIpc) is 3.63. The van der Waals surface area contributed by atoms with Gasteiger partial charge in [-0.25, -0.2) is 4.98 Å². The normalized spacial score (nSPS) is 17.9. The van der Waals surface area contributed by atoms with E-state index < -0.39 is 6.04 Å². The zero-order valence-corrected chi connectivity index (χ0v) is 22.7. The number of amides is 2. The number of anilines is 1. The van der Waals surface area contributed by atoms with Crippen molar-refractivity contribution in [2.75, 3.05) is 18.8 Å². The van der Waals surface area contributed by atoms with E-state index in [4.69, 9.17) is 11.5 Å². The zero-order valence-electron chi connectivity index (χ0n) is 22.7. The van der Waals surface area contributed by atoms with E-state index in [1.54, 1.807) is 6.20 Å². The lowest BCUT2D eigenvalue weighted by Crippen LogP contribution is -2.37. The van der Waals surface area contributed by atoms with Crippen LogP contribution in [0.25, 0.3) is 22.2 Å². The molecule has 5 rings (SSSR count). The van der Waals surface area contributed by atoms with Gasteiger partial charge in [-0.2, -0.15) is 5.10 Å². The molecule has 1 unspecified atom stereocenters. The molecule has 2 heterocycles. The molecule has 40 heavy (non-hydrogen) atoms. The van der Waals surface area contributed by atoms with Gasteiger partial charge in [-0.05, 0) is 68.7 Å². The smallest absolute Gasteiger partial charge is 0.223 e. The Morgan fingerprint density at radius 1 is 1.07 bits per heavy atom. The Kier molecular flexibility index (Phi) is 8.75. The fraction of sp³-hybridized carbons (Fsp3) is 0.400. The van der Waals surface area contributed by atoms with E-state index in [0.717, 1.165) is 54.3 Å². The highest BCUT2D eigenvalue weighted by Crippen LogP contribution is 2.30. The SMILES string of the molecule is NCC1CCC(C(=O)NC(CCC(=O)NCCc2ccccc2)c2ncc(-c3ccc4c(N)n[nH]c4c3)[nH]2)CC1. The van der Waals surface area contributed by atoms with E-state index in [2.05, 4.69) is 30.8 Å². The molecule has 10 nitrogen and oxygen atoms in total. The maximum atomic E-state index is 13.3. The number of fused-ring (bicyclic) bond motifs is 1. The number of rotatable bonds is 11. The molecule has 4 aromatic rings. The third kappa shape index (κ3) is 6.69. The van der Waals surface area contributed by atoms with Crippen molar-refractivity contribution in [2.24, 2.45) is 17.6 Å². The Bertz CT molecular complexity index is 1420. The summed E-state index contributed by atoms with van der Waals surface area (Å²) in [6, 6.07) is 15.5. The lowest BCUT2D eigenvalue weighted by molar-refractivity contribution is -0.127. The topological polar surface area (TPSA) is 168 Å². The second-order valence-electron chi connectivity index (χ2n) is 10.7. The van der Waals surface area contributed by atoms with Crippen LogP contribution in [0, 0.1) is 11.8 Å². The number of aromatic amines is 2. The number of H-pyrrole nitrogens is 2. The molecular weight excluding hydrogens is 504 g/mol. The van der Waals surface area contributed by atoms with Gasteiger partial charge in [-0.1, -0.05) is 36.4 Å². The number of aromatic nitrogens is 4. The Hall–Kier alpha value is -4.18. The Morgan fingerprint density at radius 2 is 1.88 bits per heavy atom. The molecule has 2 aromatic carbocycles. The first-order valence-corrected chi connectivity index (χ1v) is 14.1. The lowest BCUT2D eigenvalue weighted by Gasteiger charge is -2.28. The summed E-state index contributed by atoms with van der Waals surface area (Å²) in [5, 5.41) is 14.1. The van der Waals surface area contributed by atoms with Gasteiger partial charge in [0, 0.05) is 29.8 Å². The van der Waals surface area contributed by atoms with Gasteiger partial charge in [0.05, 0.1) is 23.4 Å². The molecule has 1 aliphatic rings. The van der Waals surface area contributed by atoms with Crippen molar-refractivity contribution in [2.45, 2.75) is 51.0 Å². The first kappa shape index (κ1) is 27.4. The van der Waals surface area contributed by atoms with E-state index >= 15 is 0 Å². The van der Waals surface area contributed by atoms with Crippen molar-refractivity contribution < 1.29 is 9.59 Å². The number of nitrogens with one attached hydrogen (secondary N) is 4. The number of nitrogens with zero attached hydrogens (tertiary/aromatic N) is 2. The van der Waals surface area contributed by atoms with Crippen LogP contribution in [0.5, 0.6) is 0 Å². The summed E-state index contributed by atoms with van der Waals surface area (Å²) in [7, 11) is 0. The Labute approximate surface area is 233 Å². The summed E-state index contributed by atoms with van der Waals surface area (Å²) < 4.78 is 0. The number of nitrogen functional groups attached to an aromatic ring is 1. The minimum absolute atomic E-state index is 0.0114. The van der Waals surface area contributed by atoms with E-state index in [1.807, 2.05) is 48.5 Å². The fourth-order valence-electron chi connectivity index (χ4n) is 5.45. The van der Waals surface area contributed by atoms with Crippen molar-refractivity contribution in [3.8, 4) is 11.3 Å². The summed E-state index contributed by atoms with van der Waals surface area (Å²) in [6.45, 7) is 1.23. The quantitative estimate of drug-likeness (QED) is 0.169. The number of imidazole rings is 1. The second kappa shape index (κ2) is 12.8. The minimum atomic E-state index is -0.417. The third-order valence-electron chi connectivity index (χ3n) is 7.93. The number of nitrogens with two attached hydrogens (primary N) is 2. The highest BCUT2D eigenvalue weighted by atomic mass is 16.2. The first-order chi connectivity index (χ1) is 19.5. The maximum absolute atomic E-state index is 13.3.